The summed E-state index contributed by atoms with van der Waals surface area (Å²) < 4.78 is 11.5. The molecular weight excluding hydrogens is 436 g/mol. The number of Topliss-reactive ketones (excluding diaryl/α,β-unsaturated/α-hetero) is 2. The van der Waals surface area contributed by atoms with Gasteiger partial charge >= 0.3 is 0 Å². The fourth-order valence-corrected chi connectivity index (χ4v) is 3.72. The molecule has 3 rings (SSSR count). The second-order valence-electron chi connectivity index (χ2n) is 7.95. The van der Waals surface area contributed by atoms with E-state index >= 15 is 0 Å². The van der Waals surface area contributed by atoms with Gasteiger partial charge in [0.2, 0.25) is 0 Å². The molecule has 33 heavy (non-hydrogen) atoms. The van der Waals surface area contributed by atoms with Gasteiger partial charge in [-0.15, -0.1) is 0 Å². The van der Waals surface area contributed by atoms with Crippen LogP contribution in [0.15, 0.2) is 72.8 Å². The van der Waals surface area contributed by atoms with Gasteiger partial charge in [0.15, 0.2) is 5.78 Å². The van der Waals surface area contributed by atoms with Crippen LogP contribution in [0.5, 0.6) is 5.75 Å². The average Bonchev–Trinajstić information content (AvgIpc) is 2.82. The SMILES string of the molecule is CCOc1ccc(Cc2cc(C(=O)C(CCC(C)=O)OCc3ccccc3)ccc2Cl)cc1. The number of hydrogen-bond donors (Lipinski definition) is 0. The minimum Gasteiger partial charge on any atom is -0.494 e. The van der Waals surface area contributed by atoms with Crippen molar-refractivity contribution in [2.24, 2.45) is 0 Å². The second-order valence-corrected chi connectivity index (χ2v) is 8.36. The maximum atomic E-state index is 13.3. The molecular formula is C28H29ClO4. The van der Waals surface area contributed by atoms with Gasteiger partial charge in [-0.2, -0.15) is 0 Å². The van der Waals surface area contributed by atoms with Crippen molar-refractivity contribution in [1.29, 1.82) is 0 Å². The zero-order valence-corrected chi connectivity index (χ0v) is 19.8. The highest BCUT2D eigenvalue weighted by Crippen LogP contribution is 2.24. The van der Waals surface area contributed by atoms with E-state index in [2.05, 4.69) is 0 Å². The van der Waals surface area contributed by atoms with Crippen LogP contribution in [0.1, 0.15) is 53.7 Å². The summed E-state index contributed by atoms with van der Waals surface area (Å²) in [5, 5.41) is 0.603. The molecule has 0 aliphatic heterocycles. The van der Waals surface area contributed by atoms with E-state index in [1.807, 2.05) is 67.6 Å². The molecule has 0 saturated carbocycles. The van der Waals surface area contributed by atoms with E-state index in [1.54, 1.807) is 12.1 Å². The molecule has 0 saturated heterocycles. The van der Waals surface area contributed by atoms with Gasteiger partial charge in [0.25, 0.3) is 0 Å². The van der Waals surface area contributed by atoms with Crippen LogP contribution < -0.4 is 4.74 Å². The van der Waals surface area contributed by atoms with Crippen molar-refractivity contribution >= 4 is 23.2 Å². The predicted molar refractivity (Wildman–Crippen MR) is 131 cm³/mol. The number of hydrogen-bond acceptors (Lipinski definition) is 4. The Morgan fingerprint density at radius 3 is 2.33 bits per heavy atom. The Morgan fingerprint density at radius 2 is 1.67 bits per heavy atom. The highest BCUT2D eigenvalue weighted by Gasteiger charge is 2.22. The largest absolute Gasteiger partial charge is 0.494 e. The molecule has 4 nitrogen and oxygen atoms in total. The van der Waals surface area contributed by atoms with Crippen LogP contribution in [-0.4, -0.2) is 24.3 Å². The molecule has 3 aromatic rings. The van der Waals surface area contributed by atoms with E-state index in [1.165, 1.54) is 6.92 Å². The minimum atomic E-state index is -0.700. The number of carbonyl (C=O) groups excluding carboxylic acids is 2. The smallest absolute Gasteiger partial charge is 0.191 e. The van der Waals surface area contributed by atoms with Crippen molar-refractivity contribution in [2.45, 2.75) is 45.8 Å². The normalized spacial score (nSPS) is 11.7. The Labute approximate surface area is 200 Å². The Kier molecular flexibility index (Phi) is 9.23. The molecule has 0 fully saturated rings. The van der Waals surface area contributed by atoms with Gasteiger partial charge in [-0.3, -0.25) is 4.79 Å². The van der Waals surface area contributed by atoms with Crippen LogP contribution in [0.25, 0.3) is 0 Å². The van der Waals surface area contributed by atoms with Gasteiger partial charge in [-0.1, -0.05) is 54.1 Å². The Morgan fingerprint density at radius 1 is 0.939 bits per heavy atom. The van der Waals surface area contributed by atoms with E-state index in [0.717, 1.165) is 22.4 Å². The maximum absolute atomic E-state index is 13.3. The lowest BCUT2D eigenvalue weighted by Crippen LogP contribution is -2.25. The van der Waals surface area contributed by atoms with Crippen molar-refractivity contribution in [2.75, 3.05) is 6.61 Å². The predicted octanol–water partition coefficient (Wildman–Crippen LogP) is 6.47. The molecule has 0 amide bonds. The topological polar surface area (TPSA) is 52.6 Å². The fourth-order valence-electron chi connectivity index (χ4n) is 3.54. The fraction of sp³-hybridized carbons (Fsp3) is 0.286. The summed E-state index contributed by atoms with van der Waals surface area (Å²) in [6.07, 6.45) is 0.527. The van der Waals surface area contributed by atoms with Gasteiger partial charge in [0.05, 0.1) is 13.2 Å². The van der Waals surface area contributed by atoms with Gasteiger partial charge in [-0.25, -0.2) is 0 Å². The van der Waals surface area contributed by atoms with Crippen LogP contribution in [0.3, 0.4) is 0 Å². The van der Waals surface area contributed by atoms with E-state index in [0.29, 0.717) is 36.6 Å². The summed E-state index contributed by atoms with van der Waals surface area (Å²) in [5.74, 6) is 0.709. The molecule has 0 N–H and O–H groups in total. The molecule has 0 heterocycles. The molecule has 1 atom stereocenters. The summed E-state index contributed by atoms with van der Waals surface area (Å²) in [4.78, 5) is 24.9. The van der Waals surface area contributed by atoms with E-state index in [4.69, 9.17) is 21.1 Å². The Balaban J connectivity index is 1.76. The standard InChI is InChI=1S/C28H29ClO4/c1-3-32-25-13-10-21(11-14-25)17-24-18-23(12-15-26(24)29)28(31)27(16-9-20(2)30)33-19-22-7-5-4-6-8-22/h4-8,10-15,18,27H,3,9,16-17,19H2,1-2H3. The first-order valence-electron chi connectivity index (χ1n) is 11.2. The van der Waals surface area contributed by atoms with Crippen LogP contribution in [0.2, 0.25) is 5.02 Å². The Hall–Kier alpha value is -2.95. The summed E-state index contributed by atoms with van der Waals surface area (Å²) in [5.41, 5.74) is 3.44. The molecule has 1 unspecified atom stereocenters. The third-order valence-corrected chi connectivity index (χ3v) is 5.67. The van der Waals surface area contributed by atoms with E-state index in [9.17, 15) is 9.59 Å². The van der Waals surface area contributed by atoms with Crippen LogP contribution in [-0.2, 0) is 22.6 Å². The van der Waals surface area contributed by atoms with Gasteiger partial charge in [-0.05, 0) is 73.7 Å². The summed E-state index contributed by atoms with van der Waals surface area (Å²) in [6, 6.07) is 22.8. The molecule has 3 aromatic carbocycles. The molecule has 0 aliphatic carbocycles. The number of ether oxygens (including phenoxy) is 2. The van der Waals surface area contributed by atoms with Crippen LogP contribution in [0, 0.1) is 0 Å². The van der Waals surface area contributed by atoms with Crippen molar-refractivity contribution in [1.82, 2.24) is 0 Å². The third kappa shape index (κ3) is 7.55. The highest BCUT2D eigenvalue weighted by atomic mass is 35.5. The molecule has 0 bridgehead atoms. The number of ketones is 2. The lowest BCUT2D eigenvalue weighted by Gasteiger charge is -2.17. The molecule has 0 aliphatic rings. The number of halogens is 1. The van der Waals surface area contributed by atoms with Crippen LogP contribution >= 0.6 is 11.6 Å². The summed E-state index contributed by atoms with van der Waals surface area (Å²) in [6.45, 7) is 4.40. The lowest BCUT2D eigenvalue weighted by molar-refractivity contribution is -0.117. The first-order valence-corrected chi connectivity index (χ1v) is 11.5. The number of rotatable bonds is 12. The van der Waals surface area contributed by atoms with Crippen molar-refractivity contribution in [3.05, 3.63) is 100 Å². The zero-order chi connectivity index (χ0) is 23.6. The Bertz CT molecular complexity index is 1060. The molecule has 0 spiro atoms. The number of carbonyl (C=O) groups is 2. The minimum absolute atomic E-state index is 0.0309. The number of benzene rings is 3. The first-order chi connectivity index (χ1) is 16.0. The van der Waals surface area contributed by atoms with Crippen molar-refractivity contribution in [3.8, 4) is 5.75 Å². The summed E-state index contributed by atoms with van der Waals surface area (Å²) in [7, 11) is 0. The van der Waals surface area contributed by atoms with E-state index in [-0.39, 0.29) is 18.0 Å². The molecule has 5 heteroatoms. The maximum Gasteiger partial charge on any atom is 0.191 e. The van der Waals surface area contributed by atoms with E-state index < -0.39 is 6.10 Å². The van der Waals surface area contributed by atoms with Crippen LogP contribution in [0.4, 0.5) is 0 Å². The van der Waals surface area contributed by atoms with Crippen molar-refractivity contribution in [3.63, 3.8) is 0 Å². The van der Waals surface area contributed by atoms with Crippen molar-refractivity contribution < 1.29 is 19.1 Å². The van der Waals surface area contributed by atoms with Gasteiger partial charge in [0.1, 0.15) is 17.6 Å². The second kappa shape index (κ2) is 12.3. The third-order valence-electron chi connectivity index (χ3n) is 5.30. The molecule has 0 aromatic heterocycles. The quantitative estimate of drug-likeness (QED) is 0.288. The molecule has 172 valence electrons. The zero-order valence-electron chi connectivity index (χ0n) is 19.1. The van der Waals surface area contributed by atoms with Gasteiger partial charge in [0, 0.05) is 17.0 Å². The van der Waals surface area contributed by atoms with Gasteiger partial charge < -0.3 is 14.3 Å². The summed E-state index contributed by atoms with van der Waals surface area (Å²) >= 11 is 6.44. The highest BCUT2D eigenvalue weighted by molar-refractivity contribution is 6.31. The average molecular weight is 465 g/mol. The monoisotopic (exact) mass is 464 g/mol. The lowest BCUT2D eigenvalue weighted by atomic mass is 9.97. The first kappa shape index (κ1) is 24.7. The molecule has 0 radical (unpaired) electrons.